The third-order valence-corrected chi connectivity index (χ3v) is 8.39. The standard InChI is InChI=1S/C27H30N6O3S2/c1-4-13-33-25(17(2)29-23(34)14-18-9-11-19(36-3)12-10-18)31-32-27(33)37-16-24(35)30-26-21(15-28)20-7-5-6-8-22(20)38-26/h4,9-12,17H,1,5-8,13-14,16H2,2-3H3,(H,29,34)(H,30,35)/t17-/m0/s1. The molecular weight excluding hydrogens is 520 g/mol. The smallest absolute Gasteiger partial charge is 0.235 e. The number of benzene rings is 1. The van der Waals surface area contributed by atoms with Crippen LogP contribution in [0.2, 0.25) is 0 Å². The van der Waals surface area contributed by atoms with Gasteiger partial charge in [-0.15, -0.1) is 28.1 Å². The predicted octanol–water partition coefficient (Wildman–Crippen LogP) is 4.44. The Bertz CT molecular complexity index is 1360. The van der Waals surface area contributed by atoms with Gasteiger partial charge in [-0.3, -0.25) is 9.59 Å². The van der Waals surface area contributed by atoms with E-state index in [1.807, 2.05) is 35.8 Å². The Kier molecular flexibility index (Phi) is 9.20. The van der Waals surface area contributed by atoms with Crippen LogP contribution in [0.15, 0.2) is 42.1 Å². The molecule has 0 aliphatic heterocycles. The van der Waals surface area contributed by atoms with Crippen molar-refractivity contribution in [1.82, 2.24) is 20.1 Å². The van der Waals surface area contributed by atoms with Gasteiger partial charge >= 0.3 is 0 Å². The third kappa shape index (κ3) is 6.44. The van der Waals surface area contributed by atoms with E-state index in [4.69, 9.17) is 4.74 Å². The molecule has 1 aliphatic rings. The fraction of sp³-hybridized carbons (Fsp3) is 0.370. The number of carbonyl (C=O) groups excluding carboxylic acids is 2. The number of anilines is 1. The van der Waals surface area contributed by atoms with Crippen LogP contribution in [0.1, 0.15) is 53.2 Å². The van der Waals surface area contributed by atoms with Crippen LogP contribution < -0.4 is 15.4 Å². The van der Waals surface area contributed by atoms with Crippen molar-refractivity contribution in [3.63, 3.8) is 0 Å². The molecule has 2 heterocycles. The molecule has 0 bridgehead atoms. The average molecular weight is 551 g/mol. The van der Waals surface area contributed by atoms with Gasteiger partial charge in [0.25, 0.3) is 0 Å². The van der Waals surface area contributed by atoms with Crippen molar-refractivity contribution in [2.45, 2.75) is 56.8 Å². The van der Waals surface area contributed by atoms with E-state index >= 15 is 0 Å². The molecule has 0 radical (unpaired) electrons. The van der Waals surface area contributed by atoms with E-state index in [-0.39, 0.29) is 24.0 Å². The zero-order valence-electron chi connectivity index (χ0n) is 21.5. The molecule has 3 aromatic rings. The number of nitrogens with zero attached hydrogens (tertiary/aromatic N) is 4. The van der Waals surface area contributed by atoms with Crippen molar-refractivity contribution in [2.24, 2.45) is 0 Å². The van der Waals surface area contributed by atoms with Crippen LogP contribution in [-0.2, 0) is 35.4 Å². The number of carbonyl (C=O) groups is 2. The maximum Gasteiger partial charge on any atom is 0.235 e. The number of rotatable bonds is 11. The number of allylic oxidation sites excluding steroid dienone is 1. The normalized spacial score (nSPS) is 13.2. The van der Waals surface area contributed by atoms with Gasteiger partial charge in [0.2, 0.25) is 11.8 Å². The molecule has 38 heavy (non-hydrogen) atoms. The zero-order chi connectivity index (χ0) is 27.1. The van der Waals surface area contributed by atoms with Crippen LogP contribution in [0.4, 0.5) is 5.00 Å². The SMILES string of the molecule is C=CCn1c(SCC(=O)Nc2sc3c(c2C#N)CCCC3)nnc1[C@H](C)NC(=O)Cc1ccc(OC)cc1. The minimum Gasteiger partial charge on any atom is -0.497 e. The Morgan fingerprint density at radius 3 is 2.74 bits per heavy atom. The maximum absolute atomic E-state index is 12.8. The van der Waals surface area contributed by atoms with E-state index in [1.54, 1.807) is 13.2 Å². The molecule has 0 saturated heterocycles. The lowest BCUT2D eigenvalue weighted by molar-refractivity contribution is -0.121. The monoisotopic (exact) mass is 550 g/mol. The maximum atomic E-state index is 12.8. The summed E-state index contributed by atoms with van der Waals surface area (Å²) >= 11 is 2.76. The third-order valence-electron chi connectivity index (χ3n) is 6.21. The molecule has 9 nitrogen and oxygen atoms in total. The topological polar surface area (TPSA) is 122 Å². The number of aryl methyl sites for hydroxylation is 1. The van der Waals surface area contributed by atoms with Crippen molar-refractivity contribution in [3.05, 3.63) is 64.3 Å². The number of ether oxygens (including phenoxy) is 1. The highest BCUT2D eigenvalue weighted by atomic mass is 32.2. The van der Waals surface area contributed by atoms with Crippen molar-refractivity contribution in [3.8, 4) is 11.8 Å². The van der Waals surface area contributed by atoms with E-state index in [1.165, 1.54) is 28.0 Å². The van der Waals surface area contributed by atoms with E-state index in [0.717, 1.165) is 42.6 Å². The molecule has 0 spiro atoms. The van der Waals surface area contributed by atoms with Crippen LogP contribution in [-0.4, -0.2) is 39.4 Å². The number of aromatic nitrogens is 3. The lowest BCUT2D eigenvalue weighted by Gasteiger charge is -2.15. The molecule has 1 aromatic carbocycles. The van der Waals surface area contributed by atoms with Gasteiger partial charge in [-0.1, -0.05) is 30.0 Å². The van der Waals surface area contributed by atoms with Crippen molar-refractivity contribution in [1.29, 1.82) is 5.26 Å². The highest BCUT2D eigenvalue weighted by Gasteiger charge is 2.23. The molecule has 0 saturated carbocycles. The Balaban J connectivity index is 1.37. The summed E-state index contributed by atoms with van der Waals surface area (Å²) in [4.78, 5) is 26.6. The lowest BCUT2D eigenvalue weighted by Crippen LogP contribution is -2.30. The molecule has 0 fully saturated rings. The molecule has 2 aromatic heterocycles. The molecular formula is C27H30N6O3S2. The first-order valence-electron chi connectivity index (χ1n) is 12.4. The second-order valence-electron chi connectivity index (χ2n) is 8.92. The first-order chi connectivity index (χ1) is 18.4. The van der Waals surface area contributed by atoms with Gasteiger partial charge in [-0.25, -0.2) is 0 Å². The Morgan fingerprint density at radius 2 is 2.03 bits per heavy atom. The van der Waals surface area contributed by atoms with Crippen LogP contribution >= 0.6 is 23.1 Å². The van der Waals surface area contributed by atoms with E-state index in [2.05, 4.69) is 33.5 Å². The van der Waals surface area contributed by atoms with Crippen LogP contribution in [0.3, 0.4) is 0 Å². The summed E-state index contributed by atoms with van der Waals surface area (Å²) in [5.74, 6) is 1.07. The van der Waals surface area contributed by atoms with Gasteiger partial charge in [0.05, 0.1) is 30.9 Å². The quantitative estimate of drug-likeness (QED) is 0.267. The van der Waals surface area contributed by atoms with Gasteiger partial charge in [-0.05, 0) is 55.9 Å². The number of methoxy groups -OCH3 is 1. The number of hydrogen-bond acceptors (Lipinski definition) is 8. The summed E-state index contributed by atoms with van der Waals surface area (Å²) in [5.41, 5.74) is 2.56. The predicted molar refractivity (Wildman–Crippen MR) is 149 cm³/mol. The van der Waals surface area contributed by atoms with Crippen molar-refractivity contribution in [2.75, 3.05) is 18.2 Å². The Labute approximate surface area is 230 Å². The number of amides is 2. The van der Waals surface area contributed by atoms with Crippen LogP contribution in [0, 0.1) is 11.3 Å². The summed E-state index contributed by atoms with van der Waals surface area (Å²) in [7, 11) is 1.60. The van der Waals surface area contributed by atoms with Gasteiger partial charge < -0.3 is 19.9 Å². The average Bonchev–Trinajstić information content (AvgIpc) is 3.48. The summed E-state index contributed by atoms with van der Waals surface area (Å²) in [5, 5.41) is 25.3. The Hall–Kier alpha value is -3.62. The number of nitriles is 1. The molecule has 2 amide bonds. The molecule has 2 N–H and O–H groups in total. The first kappa shape index (κ1) is 27.4. The van der Waals surface area contributed by atoms with Crippen LogP contribution in [0.25, 0.3) is 0 Å². The zero-order valence-corrected chi connectivity index (χ0v) is 23.1. The molecule has 4 rings (SSSR count). The van der Waals surface area contributed by atoms with Gasteiger partial charge in [-0.2, -0.15) is 5.26 Å². The lowest BCUT2D eigenvalue weighted by atomic mass is 9.96. The fourth-order valence-corrected chi connectivity index (χ4v) is 6.39. The minimum absolute atomic E-state index is 0.112. The number of hydrogen-bond donors (Lipinski definition) is 2. The number of nitrogens with one attached hydrogen (secondary N) is 2. The van der Waals surface area contributed by atoms with Crippen LogP contribution in [0.5, 0.6) is 5.75 Å². The van der Waals surface area contributed by atoms with Crippen molar-refractivity contribution >= 4 is 39.9 Å². The highest BCUT2D eigenvalue weighted by Crippen LogP contribution is 2.37. The summed E-state index contributed by atoms with van der Waals surface area (Å²) in [6.07, 6.45) is 5.98. The van der Waals surface area contributed by atoms with Gasteiger partial charge in [0, 0.05) is 11.4 Å². The largest absolute Gasteiger partial charge is 0.497 e. The van der Waals surface area contributed by atoms with Crippen molar-refractivity contribution < 1.29 is 14.3 Å². The van der Waals surface area contributed by atoms with E-state index < -0.39 is 6.04 Å². The highest BCUT2D eigenvalue weighted by molar-refractivity contribution is 7.99. The van der Waals surface area contributed by atoms with Gasteiger partial charge in [0.15, 0.2) is 11.0 Å². The fourth-order valence-electron chi connectivity index (χ4n) is 4.38. The first-order valence-corrected chi connectivity index (χ1v) is 14.2. The molecule has 11 heteroatoms. The number of thioether (sulfide) groups is 1. The summed E-state index contributed by atoms with van der Waals surface area (Å²) < 4.78 is 7.00. The summed E-state index contributed by atoms with van der Waals surface area (Å²) in [6.45, 7) is 6.10. The molecule has 198 valence electrons. The molecule has 1 aliphatic carbocycles. The van der Waals surface area contributed by atoms with E-state index in [0.29, 0.717) is 28.1 Å². The number of fused-ring (bicyclic) bond motifs is 1. The second-order valence-corrected chi connectivity index (χ2v) is 11.0. The second kappa shape index (κ2) is 12.8. The van der Waals surface area contributed by atoms with E-state index in [9.17, 15) is 14.9 Å². The molecule has 1 atom stereocenters. The summed E-state index contributed by atoms with van der Waals surface area (Å²) in [6, 6.07) is 9.23. The Morgan fingerprint density at radius 1 is 1.26 bits per heavy atom. The minimum atomic E-state index is -0.396. The number of thiophene rings is 1. The van der Waals surface area contributed by atoms with Gasteiger partial charge in [0.1, 0.15) is 16.8 Å². The molecule has 0 unspecified atom stereocenters.